The number of aliphatic hydroxyl groups excluding tert-OH is 1. The van der Waals surface area contributed by atoms with Crippen molar-refractivity contribution in [3.05, 3.63) is 23.8 Å². The summed E-state index contributed by atoms with van der Waals surface area (Å²) in [6.45, 7) is 1.54. The Balaban J connectivity index is 1.83. The highest BCUT2D eigenvalue weighted by molar-refractivity contribution is 5.43. The lowest BCUT2D eigenvalue weighted by atomic mass is 9.91. The van der Waals surface area contributed by atoms with Gasteiger partial charge in [-0.15, -0.1) is 0 Å². The number of fused-ring (bicyclic) bond motifs is 1. The van der Waals surface area contributed by atoms with Gasteiger partial charge in [0, 0.05) is 24.5 Å². The molecule has 2 heterocycles. The molecule has 1 aromatic rings. The molecule has 0 aromatic heterocycles. The molecule has 4 nitrogen and oxygen atoms in total. The van der Waals surface area contributed by atoms with Crippen LogP contribution in [-0.4, -0.2) is 31.5 Å². The molecule has 3 rings (SSSR count). The molecule has 2 aliphatic heterocycles. The Morgan fingerprint density at radius 2 is 2.28 bits per heavy atom. The Morgan fingerprint density at radius 3 is 3.00 bits per heavy atom. The highest BCUT2D eigenvalue weighted by atomic mass is 16.5. The van der Waals surface area contributed by atoms with Gasteiger partial charge in [-0.1, -0.05) is 0 Å². The first-order valence-corrected chi connectivity index (χ1v) is 6.38. The zero-order valence-electron chi connectivity index (χ0n) is 10.5. The van der Waals surface area contributed by atoms with E-state index in [2.05, 4.69) is 0 Å². The Hall–Kier alpha value is -1.26. The number of hydrogen-bond acceptors (Lipinski definition) is 4. The van der Waals surface area contributed by atoms with Gasteiger partial charge < -0.3 is 19.3 Å². The summed E-state index contributed by atoms with van der Waals surface area (Å²) in [6.07, 6.45) is 1.23. The third-order valence-electron chi connectivity index (χ3n) is 3.80. The lowest BCUT2D eigenvalue weighted by Crippen LogP contribution is -2.33. The third-order valence-corrected chi connectivity index (χ3v) is 3.80. The van der Waals surface area contributed by atoms with Gasteiger partial charge in [0.25, 0.3) is 0 Å². The second-order valence-corrected chi connectivity index (χ2v) is 4.94. The minimum absolute atomic E-state index is 0.0587. The molecule has 3 unspecified atom stereocenters. The van der Waals surface area contributed by atoms with E-state index in [-0.39, 0.29) is 6.10 Å². The van der Waals surface area contributed by atoms with Crippen molar-refractivity contribution in [2.45, 2.75) is 25.0 Å². The van der Waals surface area contributed by atoms with Crippen molar-refractivity contribution >= 4 is 0 Å². The van der Waals surface area contributed by atoms with Crippen LogP contribution in [0.4, 0.5) is 0 Å². The molecular weight excluding hydrogens is 232 g/mol. The van der Waals surface area contributed by atoms with Crippen molar-refractivity contribution < 1.29 is 19.3 Å². The van der Waals surface area contributed by atoms with Crippen molar-refractivity contribution in [2.75, 3.05) is 20.3 Å². The van der Waals surface area contributed by atoms with Gasteiger partial charge in [-0.05, 0) is 24.6 Å². The summed E-state index contributed by atoms with van der Waals surface area (Å²) in [5.74, 6) is 1.92. The first kappa shape index (κ1) is 11.8. The lowest BCUT2D eigenvalue weighted by molar-refractivity contribution is 0.0300. The van der Waals surface area contributed by atoms with Crippen LogP contribution in [0, 0.1) is 5.92 Å². The average Bonchev–Trinajstić information content (AvgIpc) is 2.92. The predicted octanol–water partition coefficient (Wildman–Crippen LogP) is 1.92. The number of rotatable bonds is 2. The van der Waals surface area contributed by atoms with Crippen molar-refractivity contribution in [1.82, 2.24) is 0 Å². The maximum atomic E-state index is 10.2. The topological polar surface area (TPSA) is 47.9 Å². The fraction of sp³-hybridized carbons (Fsp3) is 0.571. The SMILES string of the molecule is COc1ccc2c(c1)C(O)CC(C1CCOC1)O2. The molecule has 0 radical (unpaired) electrons. The highest BCUT2D eigenvalue weighted by Gasteiger charge is 2.34. The maximum absolute atomic E-state index is 10.2. The first-order valence-electron chi connectivity index (χ1n) is 6.38. The lowest BCUT2D eigenvalue weighted by Gasteiger charge is -2.32. The molecule has 18 heavy (non-hydrogen) atoms. The molecule has 0 aliphatic carbocycles. The summed E-state index contributed by atoms with van der Waals surface area (Å²) < 4.78 is 16.5. The largest absolute Gasteiger partial charge is 0.497 e. The Morgan fingerprint density at radius 1 is 1.39 bits per heavy atom. The Kier molecular flexibility index (Phi) is 3.14. The van der Waals surface area contributed by atoms with E-state index in [0.29, 0.717) is 12.3 Å². The van der Waals surface area contributed by atoms with E-state index in [1.165, 1.54) is 0 Å². The van der Waals surface area contributed by atoms with Crippen molar-refractivity contribution in [3.63, 3.8) is 0 Å². The van der Waals surface area contributed by atoms with E-state index >= 15 is 0 Å². The van der Waals surface area contributed by atoms with E-state index in [9.17, 15) is 5.11 Å². The van der Waals surface area contributed by atoms with Gasteiger partial charge in [0.15, 0.2) is 0 Å². The van der Waals surface area contributed by atoms with E-state index < -0.39 is 6.10 Å². The van der Waals surface area contributed by atoms with Crippen LogP contribution in [0.25, 0.3) is 0 Å². The Bertz CT molecular complexity index is 426. The summed E-state index contributed by atoms with van der Waals surface area (Å²) in [5.41, 5.74) is 0.824. The van der Waals surface area contributed by atoms with Gasteiger partial charge in [0.05, 0.1) is 19.8 Å². The van der Waals surface area contributed by atoms with Crippen LogP contribution >= 0.6 is 0 Å². The predicted molar refractivity (Wildman–Crippen MR) is 65.9 cm³/mol. The van der Waals surface area contributed by atoms with Gasteiger partial charge in [0.2, 0.25) is 0 Å². The molecule has 98 valence electrons. The molecular formula is C14H18O4. The van der Waals surface area contributed by atoms with Gasteiger partial charge in [-0.2, -0.15) is 0 Å². The first-order chi connectivity index (χ1) is 8.78. The van der Waals surface area contributed by atoms with Crippen molar-refractivity contribution in [2.24, 2.45) is 5.92 Å². The molecule has 0 amide bonds. The van der Waals surface area contributed by atoms with Crippen LogP contribution in [0.15, 0.2) is 18.2 Å². The van der Waals surface area contributed by atoms with Gasteiger partial charge in [-0.25, -0.2) is 0 Å². The van der Waals surface area contributed by atoms with E-state index in [4.69, 9.17) is 14.2 Å². The van der Waals surface area contributed by atoms with Crippen LogP contribution < -0.4 is 9.47 Å². The van der Waals surface area contributed by atoms with Crippen LogP contribution in [0.1, 0.15) is 24.5 Å². The monoisotopic (exact) mass is 250 g/mol. The molecule has 2 aliphatic rings. The number of hydrogen-bond donors (Lipinski definition) is 1. The zero-order chi connectivity index (χ0) is 12.5. The molecule has 1 N–H and O–H groups in total. The molecule has 3 atom stereocenters. The number of aliphatic hydroxyl groups is 1. The summed E-state index contributed by atoms with van der Waals surface area (Å²) in [6, 6.07) is 5.58. The molecule has 1 saturated heterocycles. The number of ether oxygens (including phenoxy) is 3. The molecule has 1 aromatic carbocycles. The van der Waals surface area contributed by atoms with Gasteiger partial charge >= 0.3 is 0 Å². The minimum atomic E-state index is -0.477. The normalized spacial score (nSPS) is 30.7. The molecule has 1 fully saturated rings. The summed E-state index contributed by atoms with van der Waals surface area (Å²) >= 11 is 0. The van der Waals surface area contributed by atoms with Crippen LogP contribution in [0.2, 0.25) is 0 Å². The highest BCUT2D eigenvalue weighted by Crippen LogP contribution is 2.40. The summed E-state index contributed by atoms with van der Waals surface area (Å²) in [4.78, 5) is 0. The zero-order valence-corrected chi connectivity index (χ0v) is 10.5. The van der Waals surface area contributed by atoms with Gasteiger partial charge in [-0.3, -0.25) is 0 Å². The smallest absolute Gasteiger partial charge is 0.125 e. The minimum Gasteiger partial charge on any atom is -0.497 e. The second-order valence-electron chi connectivity index (χ2n) is 4.94. The third kappa shape index (κ3) is 2.06. The second kappa shape index (κ2) is 4.78. The van der Waals surface area contributed by atoms with E-state index in [0.717, 1.165) is 36.7 Å². The quantitative estimate of drug-likeness (QED) is 0.871. The summed E-state index contributed by atoms with van der Waals surface area (Å²) in [7, 11) is 1.62. The van der Waals surface area contributed by atoms with Crippen molar-refractivity contribution in [3.8, 4) is 11.5 Å². The fourth-order valence-corrected chi connectivity index (χ4v) is 2.71. The Labute approximate surface area is 106 Å². The van der Waals surface area contributed by atoms with E-state index in [1.807, 2.05) is 18.2 Å². The maximum Gasteiger partial charge on any atom is 0.125 e. The van der Waals surface area contributed by atoms with Crippen molar-refractivity contribution in [1.29, 1.82) is 0 Å². The standard InChI is InChI=1S/C14H18O4/c1-16-10-2-3-13-11(6-10)12(15)7-14(18-13)9-4-5-17-8-9/h2-3,6,9,12,14-15H,4-5,7-8H2,1H3. The number of benzene rings is 1. The average molecular weight is 250 g/mol. The fourth-order valence-electron chi connectivity index (χ4n) is 2.71. The molecule has 4 heteroatoms. The molecule has 0 spiro atoms. The van der Waals surface area contributed by atoms with Crippen LogP contribution in [0.3, 0.4) is 0 Å². The summed E-state index contributed by atoms with van der Waals surface area (Å²) in [5, 5.41) is 10.2. The molecule has 0 saturated carbocycles. The van der Waals surface area contributed by atoms with Gasteiger partial charge in [0.1, 0.15) is 17.6 Å². The van der Waals surface area contributed by atoms with Crippen LogP contribution in [-0.2, 0) is 4.74 Å². The number of methoxy groups -OCH3 is 1. The van der Waals surface area contributed by atoms with E-state index in [1.54, 1.807) is 7.11 Å². The molecule has 0 bridgehead atoms. The van der Waals surface area contributed by atoms with Crippen LogP contribution in [0.5, 0.6) is 11.5 Å².